The summed E-state index contributed by atoms with van der Waals surface area (Å²) < 4.78 is 54.4. The molecule has 0 saturated heterocycles. The number of hydrogen-bond acceptors (Lipinski definition) is 3. The minimum Gasteiger partial charge on any atom is -0.309 e. The molecule has 142 valence electrons. The van der Waals surface area contributed by atoms with E-state index >= 15 is 0 Å². The molecule has 2 aromatic heterocycles. The molecule has 1 aliphatic heterocycles. The molecule has 4 rings (SSSR count). The Hall–Kier alpha value is -2.45. The quantitative estimate of drug-likeness (QED) is 0.655. The van der Waals surface area contributed by atoms with Crippen LogP contribution in [0.15, 0.2) is 42.7 Å². The average Bonchev–Trinajstić information content (AvgIpc) is 3.01. The summed E-state index contributed by atoms with van der Waals surface area (Å²) in [5.74, 6) is -1.31. The van der Waals surface area contributed by atoms with Crippen LogP contribution in [0.5, 0.6) is 0 Å². The maximum Gasteiger partial charge on any atom is 0.419 e. The first-order chi connectivity index (χ1) is 12.4. The largest absolute Gasteiger partial charge is 0.419 e. The second-order valence-corrected chi connectivity index (χ2v) is 6.00. The van der Waals surface area contributed by atoms with Crippen molar-refractivity contribution < 1.29 is 17.6 Å². The third kappa shape index (κ3) is 3.54. The van der Waals surface area contributed by atoms with Gasteiger partial charge in [0.1, 0.15) is 11.5 Å². The second kappa shape index (κ2) is 7.28. The van der Waals surface area contributed by atoms with Crippen molar-refractivity contribution in [1.82, 2.24) is 20.1 Å². The molecule has 0 atom stereocenters. The van der Waals surface area contributed by atoms with Crippen LogP contribution in [-0.2, 0) is 19.3 Å². The number of nitrogens with one attached hydrogen (secondary N) is 1. The number of alkyl halides is 3. The zero-order valence-corrected chi connectivity index (χ0v) is 14.7. The number of hydrogen-bond donors (Lipinski definition) is 1. The summed E-state index contributed by atoms with van der Waals surface area (Å²) in [4.78, 5) is 3.99. The number of rotatable bonds is 2. The van der Waals surface area contributed by atoms with Gasteiger partial charge in [-0.25, -0.2) is 4.39 Å². The van der Waals surface area contributed by atoms with Gasteiger partial charge in [-0.05, 0) is 29.8 Å². The molecule has 0 spiro atoms. The van der Waals surface area contributed by atoms with E-state index in [-0.39, 0.29) is 12.4 Å². The molecule has 1 aliphatic rings. The van der Waals surface area contributed by atoms with E-state index in [4.69, 9.17) is 0 Å². The molecule has 0 aliphatic carbocycles. The van der Waals surface area contributed by atoms with Gasteiger partial charge in [0.25, 0.3) is 0 Å². The van der Waals surface area contributed by atoms with Crippen molar-refractivity contribution in [2.45, 2.75) is 19.3 Å². The molecule has 1 N–H and O–H groups in total. The predicted octanol–water partition coefficient (Wildman–Crippen LogP) is 4.30. The molecule has 0 bridgehead atoms. The third-order valence-corrected chi connectivity index (χ3v) is 4.37. The molecule has 3 heterocycles. The van der Waals surface area contributed by atoms with Gasteiger partial charge in [-0.3, -0.25) is 9.67 Å². The zero-order valence-electron chi connectivity index (χ0n) is 13.9. The van der Waals surface area contributed by atoms with Crippen molar-refractivity contribution >= 4 is 12.4 Å². The van der Waals surface area contributed by atoms with Crippen LogP contribution in [0.1, 0.15) is 11.3 Å². The molecule has 0 amide bonds. The van der Waals surface area contributed by atoms with Crippen molar-refractivity contribution in [2.75, 3.05) is 6.54 Å². The number of benzene rings is 1. The molecule has 0 unspecified atom stereocenters. The molecule has 3 aromatic rings. The van der Waals surface area contributed by atoms with Gasteiger partial charge in [0.2, 0.25) is 0 Å². The van der Waals surface area contributed by atoms with Crippen molar-refractivity contribution in [3.05, 3.63) is 59.8 Å². The fourth-order valence-electron chi connectivity index (χ4n) is 3.17. The van der Waals surface area contributed by atoms with Gasteiger partial charge in [0, 0.05) is 36.6 Å². The van der Waals surface area contributed by atoms with E-state index in [1.54, 1.807) is 24.5 Å². The Labute approximate surface area is 158 Å². The van der Waals surface area contributed by atoms with Crippen LogP contribution in [0.4, 0.5) is 17.6 Å². The van der Waals surface area contributed by atoms with Crippen LogP contribution in [0.25, 0.3) is 22.4 Å². The highest BCUT2D eigenvalue weighted by atomic mass is 35.5. The van der Waals surface area contributed by atoms with Gasteiger partial charge in [0.05, 0.1) is 17.8 Å². The van der Waals surface area contributed by atoms with Crippen LogP contribution >= 0.6 is 12.4 Å². The number of aromatic nitrogens is 3. The van der Waals surface area contributed by atoms with Crippen LogP contribution in [0.2, 0.25) is 0 Å². The molecular weight excluding hydrogens is 384 g/mol. The molecule has 0 saturated carbocycles. The maximum absolute atomic E-state index is 14.1. The summed E-state index contributed by atoms with van der Waals surface area (Å²) in [6.07, 6.45) is -1.46. The van der Waals surface area contributed by atoms with E-state index in [1.807, 2.05) is 4.68 Å². The van der Waals surface area contributed by atoms with E-state index in [1.165, 1.54) is 6.07 Å². The van der Waals surface area contributed by atoms with Gasteiger partial charge in [-0.1, -0.05) is 6.07 Å². The Morgan fingerprint density at radius 2 is 1.78 bits per heavy atom. The van der Waals surface area contributed by atoms with Crippen molar-refractivity contribution in [1.29, 1.82) is 0 Å². The predicted molar refractivity (Wildman–Crippen MR) is 94.8 cm³/mol. The SMILES string of the molecule is Cl.Fc1cc(-c2nn3c(c2-c2ccncc2)CNCC3)ccc1C(F)(F)F. The van der Waals surface area contributed by atoms with E-state index in [0.29, 0.717) is 24.3 Å². The Bertz CT molecular complexity index is 954. The van der Waals surface area contributed by atoms with Crippen LogP contribution in [-0.4, -0.2) is 21.3 Å². The Kier molecular flexibility index (Phi) is 5.21. The lowest BCUT2D eigenvalue weighted by atomic mass is 9.98. The van der Waals surface area contributed by atoms with Gasteiger partial charge in [-0.2, -0.15) is 18.3 Å². The molecule has 4 nitrogen and oxygen atoms in total. The van der Waals surface area contributed by atoms with Gasteiger partial charge in [-0.15, -0.1) is 12.4 Å². The first kappa shape index (κ1) is 19.3. The molecule has 0 radical (unpaired) electrons. The van der Waals surface area contributed by atoms with Crippen molar-refractivity contribution in [2.24, 2.45) is 0 Å². The van der Waals surface area contributed by atoms with Crippen LogP contribution < -0.4 is 5.32 Å². The lowest BCUT2D eigenvalue weighted by molar-refractivity contribution is -0.139. The fraction of sp³-hybridized carbons (Fsp3) is 0.222. The van der Waals surface area contributed by atoms with E-state index in [0.717, 1.165) is 35.5 Å². The summed E-state index contributed by atoms with van der Waals surface area (Å²) in [6.45, 7) is 1.95. The molecule has 27 heavy (non-hydrogen) atoms. The van der Waals surface area contributed by atoms with E-state index < -0.39 is 17.6 Å². The normalized spacial score (nSPS) is 13.8. The maximum atomic E-state index is 14.1. The smallest absolute Gasteiger partial charge is 0.309 e. The molecular formula is C18H15ClF4N4. The number of fused-ring (bicyclic) bond motifs is 1. The van der Waals surface area contributed by atoms with Crippen molar-refractivity contribution in [3.8, 4) is 22.4 Å². The molecule has 0 fully saturated rings. The topological polar surface area (TPSA) is 42.7 Å². The number of nitrogens with zero attached hydrogens (tertiary/aromatic N) is 3. The van der Waals surface area contributed by atoms with E-state index in [9.17, 15) is 17.6 Å². The minimum absolute atomic E-state index is 0. The summed E-state index contributed by atoms with van der Waals surface area (Å²) in [5, 5.41) is 7.80. The summed E-state index contributed by atoms with van der Waals surface area (Å²) in [5.41, 5.74) is 2.01. The zero-order chi connectivity index (χ0) is 18.3. The summed E-state index contributed by atoms with van der Waals surface area (Å²) >= 11 is 0. The van der Waals surface area contributed by atoms with Crippen LogP contribution in [0.3, 0.4) is 0 Å². The molecule has 9 heteroatoms. The minimum atomic E-state index is -4.73. The highest BCUT2D eigenvalue weighted by Gasteiger charge is 2.34. The van der Waals surface area contributed by atoms with Gasteiger partial charge in [0.15, 0.2) is 0 Å². The van der Waals surface area contributed by atoms with Crippen molar-refractivity contribution in [3.63, 3.8) is 0 Å². The third-order valence-electron chi connectivity index (χ3n) is 4.37. The summed E-state index contributed by atoms with van der Waals surface area (Å²) in [6, 6.07) is 6.53. The number of halogens is 5. The second-order valence-electron chi connectivity index (χ2n) is 6.00. The van der Waals surface area contributed by atoms with Crippen LogP contribution in [0, 0.1) is 5.82 Å². The first-order valence-electron chi connectivity index (χ1n) is 8.03. The first-order valence-corrected chi connectivity index (χ1v) is 8.03. The Morgan fingerprint density at radius 3 is 2.44 bits per heavy atom. The Morgan fingerprint density at radius 1 is 1.04 bits per heavy atom. The standard InChI is InChI=1S/C18H14F4N4.ClH/c19-14-9-12(1-2-13(14)18(20,21)22)17-16(11-3-5-23-6-4-11)15-10-24-7-8-26(15)25-17;/h1-6,9,24H,7-8,10H2;1H. The monoisotopic (exact) mass is 398 g/mol. The lowest BCUT2D eigenvalue weighted by Crippen LogP contribution is -2.28. The van der Waals surface area contributed by atoms with Gasteiger partial charge < -0.3 is 5.32 Å². The van der Waals surface area contributed by atoms with E-state index in [2.05, 4.69) is 15.4 Å². The highest BCUT2D eigenvalue weighted by molar-refractivity contribution is 5.85. The fourth-order valence-corrected chi connectivity index (χ4v) is 3.17. The average molecular weight is 399 g/mol. The summed E-state index contributed by atoms with van der Waals surface area (Å²) in [7, 11) is 0. The number of pyridine rings is 1. The Balaban J connectivity index is 0.00000210. The van der Waals surface area contributed by atoms with Gasteiger partial charge >= 0.3 is 6.18 Å². The lowest BCUT2D eigenvalue weighted by Gasteiger charge is -2.16. The molecule has 1 aromatic carbocycles. The highest BCUT2D eigenvalue weighted by Crippen LogP contribution is 2.38.